The second-order valence-electron chi connectivity index (χ2n) is 11.0. The maximum Gasteiger partial charge on any atom is 0.410 e. The maximum absolute atomic E-state index is 13.8. The number of likely N-dealkylation sites (tertiary alicyclic amines) is 1. The predicted octanol–water partition coefficient (Wildman–Crippen LogP) is 3.60. The van der Waals surface area contributed by atoms with Crippen LogP contribution in [0, 0.1) is 0 Å². The number of rotatable bonds is 7. The average molecular weight is 662 g/mol. The number of hydrogen-bond acceptors (Lipinski definition) is 9. The van der Waals surface area contributed by atoms with Crippen molar-refractivity contribution in [1.29, 1.82) is 0 Å². The van der Waals surface area contributed by atoms with Crippen molar-refractivity contribution >= 4 is 50.4 Å². The van der Waals surface area contributed by atoms with Gasteiger partial charge in [0.15, 0.2) is 0 Å². The van der Waals surface area contributed by atoms with Crippen LogP contribution in [0.3, 0.4) is 0 Å². The molecular weight excluding hydrogens is 622 g/mol. The molecule has 1 N–H and O–H groups in total. The molecule has 0 spiro atoms. The van der Waals surface area contributed by atoms with Gasteiger partial charge >= 0.3 is 12.2 Å². The summed E-state index contributed by atoms with van der Waals surface area (Å²) in [5.41, 5.74) is 1.54. The highest BCUT2D eigenvalue weighted by molar-refractivity contribution is 7.89. The molecule has 2 saturated heterocycles. The number of thiophene rings is 1. The van der Waals surface area contributed by atoms with Gasteiger partial charge in [-0.3, -0.25) is 9.59 Å². The zero-order chi connectivity index (χ0) is 32.1. The Morgan fingerprint density at radius 1 is 0.800 bits per heavy atom. The van der Waals surface area contributed by atoms with Crippen LogP contribution in [0.15, 0.2) is 29.2 Å². The summed E-state index contributed by atoms with van der Waals surface area (Å²) in [5, 5.41) is 3.33. The first-order valence-electron chi connectivity index (χ1n) is 15.3. The second-order valence-corrected chi connectivity index (χ2v) is 14.0. The van der Waals surface area contributed by atoms with E-state index in [2.05, 4.69) is 5.32 Å². The van der Waals surface area contributed by atoms with Gasteiger partial charge in [-0.2, -0.15) is 4.31 Å². The lowest BCUT2D eigenvalue weighted by atomic mass is 10.0. The third kappa shape index (κ3) is 7.10. The van der Waals surface area contributed by atoms with Crippen LogP contribution in [-0.4, -0.2) is 110 Å². The number of ether oxygens (including phenoxy) is 2. The summed E-state index contributed by atoms with van der Waals surface area (Å²) in [4.78, 5) is 57.3. The number of carbonyl (C=O) groups is 4. The Labute approximate surface area is 267 Å². The minimum atomic E-state index is -3.84. The molecule has 3 aliphatic heterocycles. The van der Waals surface area contributed by atoms with Crippen molar-refractivity contribution in [2.24, 2.45) is 0 Å². The standard InChI is InChI=1S/C30H39N5O8S2/c1-3-42-29(38)33-16-18-35(19-17-33)45(40,41)22-10-8-21(9-11-22)26(36)31-27-25(28(37)32-13-6-5-7-14-32)23-12-15-34(20-24(23)44-27)30(39)43-4-2/h8-11H,3-7,12-20H2,1-2H3,(H,31,36). The van der Waals surface area contributed by atoms with Crippen LogP contribution in [0.5, 0.6) is 0 Å². The van der Waals surface area contributed by atoms with Crippen molar-refractivity contribution in [3.63, 3.8) is 0 Å². The molecule has 2 aromatic rings. The SMILES string of the molecule is CCOC(=O)N1CCN(S(=O)(=O)c2ccc(C(=O)Nc3sc4c(c3C(=O)N3CCCCC3)CCN(C(=O)OCC)C4)cc2)CC1. The lowest BCUT2D eigenvalue weighted by Crippen LogP contribution is -2.50. The van der Waals surface area contributed by atoms with E-state index >= 15 is 0 Å². The Kier molecular flexibility index (Phi) is 10.3. The van der Waals surface area contributed by atoms with Gasteiger partial charge < -0.3 is 29.5 Å². The molecule has 13 nitrogen and oxygen atoms in total. The molecule has 5 rings (SSSR count). The lowest BCUT2D eigenvalue weighted by molar-refractivity contribution is 0.0723. The van der Waals surface area contributed by atoms with Crippen LogP contribution >= 0.6 is 11.3 Å². The van der Waals surface area contributed by atoms with E-state index in [9.17, 15) is 27.6 Å². The first-order valence-corrected chi connectivity index (χ1v) is 17.6. The van der Waals surface area contributed by atoms with Gasteiger partial charge in [0.1, 0.15) is 5.00 Å². The van der Waals surface area contributed by atoms with Crippen LogP contribution in [0.2, 0.25) is 0 Å². The van der Waals surface area contributed by atoms with Gasteiger partial charge in [0.2, 0.25) is 10.0 Å². The van der Waals surface area contributed by atoms with Crippen LogP contribution in [0.4, 0.5) is 14.6 Å². The third-order valence-corrected chi connectivity index (χ3v) is 11.2. The molecule has 4 heterocycles. The van der Waals surface area contributed by atoms with Gasteiger partial charge in [0, 0.05) is 56.3 Å². The summed E-state index contributed by atoms with van der Waals surface area (Å²) >= 11 is 1.28. The number of nitrogens with zero attached hydrogens (tertiary/aromatic N) is 4. The molecule has 1 aromatic carbocycles. The number of piperazine rings is 1. The maximum atomic E-state index is 13.8. The van der Waals surface area contributed by atoms with Crippen molar-refractivity contribution in [3.8, 4) is 0 Å². The van der Waals surface area contributed by atoms with Crippen molar-refractivity contribution < 1.29 is 37.1 Å². The molecular formula is C30H39N5O8S2. The van der Waals surface area contributed by atoms with E-state index in [1.54, 1.807) is 18.7 Å². The monoisotopic (exact) mass is 661 g/mol. The summed E-state index contributed by atoms with van der Waals surface area (Å²) < 4.78 is 38.0. The molecule has 244 valence electrons. The van der Waals surface area contributed by atoms with E-state index in [0.717, 1.165) is 29.7 Å². The number of anilines is 1. The second kappa shape index (κ2) is 14.2. The van der Waals surface area contributed by atoms with Crippen molar-refractivity contribution in [2.75, 3.05) is 64.3 Å². The quantitative estimate of drug-likeness (QED) is 0.474. The van der Waals surface area contributed by atoms with Gasteiger partial charge in [0.25, 0.3) is 11.8 Å². The summed E-state index contributed by atoms with van der Waals surface area (Å²) in [6.45, 7) is 6.68. The number of nitrogens with one attached hydrogen (secondary N) is 1. The van der Waals surface area contributed by atoms with Gasteiger partial charge in [-0.05, 0) is 69.4 Å². The molecule has 1 aromatic heterocycles. The molecule has 0 aliphatic carbocycles. The highest BCUT2D eigenvalue weighted by Gasteiger charge is 2.34. The van der Waals surface area contributed by atoms with E-state index in [-0.39, 0.29) is 62.3 Å². The van der Waals surface area contributed by atoms with Gasteiger partial charge in [0.05, 0.1) is 30.2 Å². The summed E-state index contributed by atoms with van der Waals surface area (Å²) in [7, 11) is -3.84. The number of benzene rings is 1. The summed E-state index contributed by atoms with van der Waals surface area (Å²) in [6.07, 6.45) is 2.50. The van der Waals surface area contributed by atoms with Crippen molar-refractivity contribution in [1.82, 2.24) is 19.0 Å². The number of piperidine rings is 1. The Bertz CT molecular complexity index is 1530. The molecule has 0 atom stereocenters. The lowest BCUT2D eigenvalue weighted by Gasteiger charge is -2.33. The van der Waals surface area contributed by atoms with E-state index < -0.39 is 28.1 Å². The van der Waals surface area contributed by atoms with E-state index in [4.69, 9.17) is 9.47 Å². The third-order valence-electron chi connectivity index (χ3n) is 8.19. The summed E-state index contributed by atoms with van der Waals surface area (Å²) in [5.74, 6) is -0.605. The minimum Gasteiger partial charge on any atom is -0.450 e. The van der Waals surface area contributed by atoms with E-state index in [0.29, 0.717) is 36.6 Å². The van der Waals surface area contributed by atoms with E-state index in [1.165, 1.54) is 44.8 Å². The normalized spacial score (nSPS) is 17.4. The Morgan fingerprint density at radius 2 is 1.42 bits per heavy atom. The minimum absolute atomic E-state index is 0.0373. The van der Waals surface area contributed by atoms with Gasteiger partial charge in [-0.25, -0.2) is 18.0 Å². The van der Waals surface area contributed by atoms with Crippen LogP contribution in [0.1, 0.15) is 64.3 Å². The largest absolute Gasteiger partial charge is 0.450 e. The Hall–Kier alpha value is -3.69. The van der Waals surface area contributed by atoms with E-state index in [1.807, 2.05) is 4.90 Å². The molecule has 3 aliphatic rings. The Balaban J connectivity index is 1.32. The van der Waals surface area contributed by atoms with Crippen molar-refractivity contribution in [3.05, 3.63) is 45.8 Å². The highest BCUT2D eigenvalue weighted by Crippen LogP contribution is 2.39. The number of carbonyl (C=O) groups excluding carboxylic acids is 4. The molecule has 0 unspecified atom stereocenters. The molecule has 0 bridgehead atoms. The smallest absolute Gasteiger partial charge is 0.410 e. The molecule has 15 heteroatoms. The number of fused-ring (bicyclic) bond motifs is 1. The fourth-order valence-electron chi connectivity index (χ4n) is 5.77. The zero-order valence-electron chi connectivity index (χ0n) is 25.6. The van der Waals surface area contributed by atoms with Gasteiger partial charge in [-0.15, -0.1) is 11.3 Å². The predicted molar refractivity (Wildman–Crippen MR) is 167 cm³/mol. The first kappa shape index (κ1) is 32.7. The molecule has 0 saturated carbocycles. The van der Waals surface area contributed by atoms with Gasteiger partial charge in [-0.1, -0.05) is 0 Å². The highest BCUT2D eigenvalue weighted by atomic mass is 32.2. The molecule has 2 fully saturated rings. The molecule has 0 radical (unpaired) electrons. The number of sulfonamides is 1. The van der Waals surface area contributed by atoms with Crippen LogP contribution in [-0.2, 0) is 32.5 Å². The topological polar surface area (TPSA) is 146 Å². The fourth-order valence-corrected chi connectivity index (χ4v) is 8.44. The van der Waals surface area contributed by atoms with Crippen LogP contribution < -0.4 is 5.32 Å². The first-order chi connectivity index (χ1) is 21.6. The molecule has 4 amide bonds. The number of hydrogen-bond donors (Lipinski definition) is 1. The Morgan fingerprint density at radius 3 is 2.04 bits per heavy atom. The van der Waals surface area contributed by atoms with Crippen molar-refractivity contribution in [2.45, 2.75) is 51.0 Å². The number of amides is 4. The molecule has 45 heavy (non-hydrogen) atoms. The fraction of sp³-hybridized carbons (Fsp3) is 0.533. The average Bonchev–Trinajstić information content (AvgIpc) is 3.42. The zero-order valence-corrected chi connectivity index (χ0v) is 27.2. The summed E-state index contributed by atoms with van der Waals surface area (Å²) in [6, 6.07) is 5.66. The van der Waals surface area contributed by atoms with Crippen LogP contribution in [0.25, 0.3) is 0 Å².